The zero-order valence-corrected chi connectivity index (χ0v) is 15.7. The van der Waals surface area contributed by atoms with Gasteiger partial charge in [-0.25, -0.2) is 0 Å². The van der Waals surface area contributed by atoms with Crippen LogP contribution in [0.15, 0.2) is 60.7 Å². The van der Waals surface area contributed by atoms with Crippen molar-refractivity contribution in [3.63, 3.8) is 0 Å². The smallest absolute Gasteiger partial charge is 0.253 e. The van der Waals surface area contributed by atoms with E-state index in [-0.39, 0.29) is 17.9 Å². The van der Waals surface area contributed by atoms with Gasteiger partial charge in [0.2, 0.25) is 5.91 Å². The lowest BCUT2D eigenvalue weighted by atomic mass is 10.1. The Morgan fingerprint density at radius 1 is 0.962 bits per heavy atom. The fraction of sp³-hybridized carbons (Fsp3) is 0.364. The molecule has 138 valence electrons. The number of rotatable bonds is 9. The maximum Gasteiger partial charge on any atom is 0.253 e. The lowest BCUT2D eigenvalue weighted by Crippen LogP contribution is -2.36. The van der Waals surface area contributed by atoms with E-state index in [0.29, 0.717) is 25.1 Å². The van der Waals surface area contributed by atoms with Crippen LogP contribution in [0.3, 0.4) is 0 Å². The molecule has 0 radical (unpaired) electrons. The standard InChI is InChI=1S/C22H28N2O2/c1-3-4-16-24(22(26)20-13-9-6-10-14-20)17-15-21(25)23-18(2)19-11-7-5-8-12-19/h5-14,18H,3-4,15-17H2,1-2H3,(H,23,25). The van der Waals surface area contributed by atoms with Gasteiger partial charge in [-0.3, -0.25) is 9.59 Å². The quantitative estimate of drug-likeness (QED) is 0.735. The number of nitrogens with one attached hydrogen (secondary N) is 1. The summed E-state index contributed by atoms with van der Waals surface area (Å²) in [4.78, 5) is 26.8. The van der Waals surface area contributed by atoms with Crippen LogP contribution in [0.5, 0.6) is 0 Å². The van der Waals surface area contributed by atoms with Crippen molar-refractivity contribution in [1.29, 1.82) is 0 Å². The maximum absolute atomic E-state index is 12.7. The second-order valence-corrected chi connectivity index (χ2v) is 6.46. The molecule has 0 aliphatic heterocycles. The van der Waals surface area contributed by atoms with Crippen molar-refractivity contribution in [1.82, 2.24) is 10.2 Å². The van der Waals surface area contributed by atoms with Gasteiger partial charge >= 0.3 is 0 Å². The molecule has 1 unspecified atom stereocenters. The number of benzene rings is 2. The number of hydrogen-bond acceptors (Lipinski definition) is 2. The van der Waals surface area contributed by atoms with Crippen LogP contribution in [-0.4, -0.2) is 29.8 Å². The average Bonchev–Trinajstić information content (AvgIpc) is 2.69. The van der Waals surface area contributed by atoms with Crippen LogP contribution in [0.25, 0.3) is 0 Å². The van der Waals surface area contributed by atoms with Gasteiger partial charge in [-0.05, 0) is 31.0 Å². The van der Waals surface area contributed by atoms with E-state index in [1.165, 1.54) is 0 Å². The number of unbranched alkanes of at least 4 members (excludes halogenated alkanes) is 1. The molecule has 0 aliphatic carbocycles. The summed E-state index contributed by atoms with van der Waals surface area (Å²) in [6.45, 7) is 5.17. The number of nitrogens with zero attached hydrogens (tertiary/aromatic N) is 1. The fourth-order valence-corrected chi connectivity index (χ4v) is 2.80. The van der Waals surface area contributed by atoms with E-state index in [0.717, 1.165) is 18.4 Å². The molecule has 2 aromatic carbocycles. The van der Waals surface area contributed by atoms with Crippen molar-refractivity contribution in [2.45, 2.75) is 39.2 Å². The second-order valence-electron chi connectivity index (χ2n) is 6.46. The molecule has 2 rings (SSSR count). The third-order valence-corrected chi connectivity index (χ3v) is 4.38. The summed E-state index contributed by atoms with van der Waals surface area (Å²) >= 11 is 0. The number of carbonyl (C=O) groups excluding carboxylic acids is 2. The van der Waals surface area contributed by atoms with E-state index in [4.69, 9.17) is 0 Å². The van der Waals surface area contributed by atoms with Crippen LogP contribution < -0.4 is 5.32 Å². The molecule has 0 spiro atoms. The Bertz CT molecular complexity index is 686. The third-order valence-electron chi connectivity index (χ3n) is 4.38. The van der Waals surface area contributed by atoms with Crippen LogP contribution in [0.4, 0.5) is 0 Å². The average molecular weight is 352 g/mol. The van der Waals surface area contributed by atoms with Gasteiger partial charge in [-0.15, -0.1) is 0 Å². The molecule has 1 N–H and O–H groups in total. The van der Waals surface area contributed by atoms with Crippen molar-refractivity contribution in [2.24, 2.45) is 0 Å². The topological polar surface area (TPSA) is 49.4 Å². The van der Waals surface area contributed by atoms with E-state index in [2.05, 4.69) is 12.2 Å². The van der Waals surface area contributed by atoms with Gasteiger partial charge in [0.05, 0.1) is 6.04 Å². The highest BCUT2D eigenvalue weighted by Gasteiger charge is 2.17. The van der Waals surface area contributed by atoms with Crippen molar-refractivity contribution in [2.75, 3.05) is 13.1 Å². The highest BCUT2D eigenvalue weighted by molar-refractivity contribution is 5.94. The van der Waals surface area contributed by atoms with Crippen molar-refractivity contribution in [3.05, 3.63) is 71.8 Å². The molecular formula is C22H28N2O2. The molecule has 0 saturated carbocycles. The summed E-state index contributed by atoms with van der Waals surface area (Å²) in [5.41, 5.74) is 1.74. The molecule has 0 bridgehead atoms. The molecule has 4 heteroatoms. The lowest BCUT2D eigenvalue weighted by Gasteiger charge is -2.23. The minimum Gasteiger partial charge on any atom is -0.350 e. The molecule has 1 atom stereocenters. The third kappa shape index (κ3) is 6.03. The van der Waals surface area contributed by atoms with Gasteiger partial charge in [0.1, 0.15) is 0 Å². The molecule has 26 heavy (non-hydrogen) atoms. The summed E-state index contributed by atoms with van der Waals surface area (Å²) in [6.07, 6.45) is 2.25. The van der Waals surface area contributed by atoms with Crippen LogP contribution in [0.2, 0.25) is 0 Å². The van der Waals surface area contributed by atoms with E-state index in [1.54, 1.807) is 4.90 Å². The predicted octanol–water partition coefficient (Wildman–Crippen LogP) is 4.20. The Morgan fingerprint density at radius 3 is 2.19 bits per heavy atom. The first kappa shape index (κ1) is 19.7. The SMILES string of the molecule is CCCCN(CCC(=O)NC(C)c1ccccc1)C(=O)c1ccccc1. The van der Waals surface area contributed by atoms with Crippen molar-refractivity contribution >= 4 is 11.8 Å². The summed E-state index contributed by atoms with van der Waals surface area (Å²) in [5, 5.41) is 3.01. The van der Waals surface area contributed by atoms with Gasteiger partial charge in [0, 0.05) is 25.1 Å². The molecule has 0 saturated heterocycles. The van der Waals surface area contributed by atoms with Crippen LogP contribution >= 0.6 is 0 Å². The minimum atomic E-state index is -0.0439. The van der Waals surface area contributed by atoms with Crippen LogP contribution in [0, 0.1) is 0 Å². The van der Waals surface area contributed by atoms with E-state index in [1.807, 2.05) is 67.6 Å². The molecule has 4 nitrogen and oxygen atoms in total. The Hall–Kier alpha value is -2.62. The normalized spacial score (nSPS) is 11.6. The molecule has 0 aliphatic rings. The molecule has 0 aromatic heterocycles. The fourth-order valence-electron chi connectivity index (χ4n) is 2.80. The largest absolute Gasteiger partial charge is 0.350 e. The number of amides is 2. The monoisotopic (exact) mass is 352 g/mol. The Labute approximate surface area is 156 Å². The summed E-state index contributed by atoms with van der Waals surface area (Å²) < 4.78 is 0. The molecule has 2 aromatic rings. The Morgan fingerprint density at radius 2 is 1.58 bits per heavy atom. The van der Waals surface area contributed by atoms with Gasteiger partial charge < -0.3 is 10.2 Å². The molecule has 2 amide bonds. The first-order chi connectivity index (χ1) is 12.6. The highest BCUT2D eigenvalue weighted by atomic mass is 16.2. The van der Waals surface area contributed by atoms with Gasteiger partial charge in [-0.1, -0.05) is 61.9 Å². The highest BCUT2D eigenvalue weighted by Crippen LogP contribution is 2.12. The second kappa shape index (κ2) is 10.4. The summed E-state index contributed by atoms with van der Waals surface area (Å²) in [5.74, 6) is -0.0494. The van der Waals surface area contributed by atoms with Crippen molar-refractivity contribution < 1.29 is 9.59 Å². The first-order valence-electron chi connectivity index (χ1n) is 9.30. The Kier molecular flexibility index (Phi) is 7.87. The lowest BCUT2D eigenvalue weighted by molar-refractivity contribution is -0.121. The zero-order valence-electron chi connectivity index (χ0n) is 15.7. The van der Waals surface area contributed by atoms with E-state index >= 15 is 0 Å². The van der Waals surface area contributed by atoms with Gasteiger partial charge in [0.25, 0.3) is 5.91 Å². The molecule has 0 fully saturated rings. The predicted molar refractivity (Wildman–Crippen MR) is 105 cm³/mol. The number of carbonyl (C=O) groups is 2. The maximum atomic E-state index is 12.7. The minimum absolute atomic E-state index is 0.0112. The van der Waals surface area contributed by atoms with Crippen LogP contribution in [-0.2, 0) is 4.79 Å². The zero-order chi connectivity index (χ0) is 18.8. The van der Waals surface area contributed by atoms with Crippen LogP contribution in [0.1, 0.15) is 55.1 Å². The summed E-state index contributed by atoms with van der Waals surface area (Å²) in [6, 6.07) is 19.1. The molecule has 0 heterocycles. The summed E-state index contributed by atoms with van der Waals surface area (Å²) in [7, 11) is 0. The first-order valence-corrected chi connectivity index (χ1v) is 9.30. The number of hydrogen-bond donors (Lipinski definition) is 1. The van der Waals surface area contributed by atoms with E-state index < -0.39 is 0 Å². The van der Waals surface area contributed by atoms with Gasteiger partial charge in [0.15, 0.2) is 0 Å². The van der Waals surface area contributed by atoms with E-state index in [9.17, 15) is 9.59 Å². The van der Waals surface area contributed by atoms with Gasteiger partial charge in [-0.2, -0.15) is 0 Å². The van der Waals surface area contributed by atoms with Crippen molar-refractivity contribution in [3.8, 4) is 0 Å². The Balaban J connectivity index is 1.91. The molecular weight excluding hydrogens is 324 g/mol.